The molecular weight excluding hydrogens is 324 g/mol. The average molecular weight is 337 g/mol. The lowest BCUT2D eigenvalue weighted by Gasteiger charge is -2.16. The number of hydrogen-bond acceptors (Lipinski definition) is 1. The monoisotopic (exact) mass is 336 g/mol. The van der Waals surface area contributed by atoms with Crippen molar-refractivity contribution in [1.29, 1.82) is 0 Å². The van der Waals surface area contributed by atoms with E-state index in [0.717, 1.165) is 4.68 Å². The van der Waals surface area contributed by atoms with Gasteiger partial charge in [-0.05, 0) is 0 Å². The lowest BCUT2D eigenvalue weighted by Crippen LogP contribution is -2.14. The van der Waals surface area contributed by atoms with Crippen molar-refractivity contribution in [2.75, 3.05) is 0 Å². The summed E-state index contributed by atoms with van der Waals surface area (Å²) in [4.78, 5) is 0. The first kappa shape index (κ1) is 16.2. The van der Waals surface area contributed by atoms with Gasteiger partial charge in [-0.15, -0.1) is 11.6 Å². The molecule has 2 nitrogen and oxygen atoms in total. The quantitative estimate of drug-likeness (QED) is 0.558. The Kier molecular flexibility index (Phi) is 4.26. The predicted molar refractivity (Wildman–Crippen MR) is 76.7 cm³/mol. The summed E-state index contributed by atoms with van der Waals surface area (Å²) in [6.45, 7) is 5.69. The summed E-state index contributed by atoms with van der Waals surface area (Å²) in [5.41, 5.74) is 0.469. The molecule has 0 unspecified atom stereocenters. The molecule has 0 fully saturated rings. The van der Waals surface area contributed by atoms with E-state index in [0.29, 0.717) is 23.4 Å². The van der Waals surface area contributed by atoms with E-state index in [9.17, 15) is 13.2 Å². The zero-order chi connectivity index (χ0) is 15.9. The Morgan fingerprint density at radius 2 is 1.67 bits per heavy atom. The van der Waals surface area contributed by atoms with Crippen LogP contribution in [0.25, 0.3) is 5.69 Å². The number of aromatic nitrogens is 2. The summed E-state index contributed by atoms with van der Waals surface area (Å²) in [6, 6.07) is 1.17. The van der Waals surface area contributed by atoms with Crippen molar-refractivity contribution in [3.63, 3.8) is 0 Å². The summed E-state index contributed by atoms with van der Waals surface area (Å²) >= 11 is 12.0. The van der Waals surface area contributed by atoms with Crippen LogP contribution in [0.5, 0.6) is 0 Å². The third-order valence-electron chi connectivity index (χ3n) is 2.98. The van der Waals surface area contributed by atoms with Crippen molar-refractivity contribution in [1.82, 2.24) is 9.78 Å². The molecule has 114 valence electrons. The van der Waals surface area contributed by atoms with Crippen LogP contribution < -0.4 is 0 Å². The second kappa shape index (κ2) is 5.54. The number of hydrogen-bond donors (Lipinski definition) is 0. The summed E-state index contributed by atoms with van der Waals surface area (Å²) in [6.07, 6.45) is 0. The highest BCUT2D eigenvalue weighted by atomic mass is 35.5. The van der Waals surface area contributed by atoms with Crippen molar-refractivity contribution in [3.8, 4) is 5.69 Å². The molecule has 0 bridgehead atoms. The zero-order valence-electron chi connectivity index (χ0n) is 11.6. The second-order valence-electron chi connectivity index (χ2n) is 5.63. The number of nitrogens with zero attached hydrogens (tertiary/aromatic N) is 2. The molecule has 2 aromatic rings. The van der Waals surface area contributed by atoms with Gasteiger partial charge in [-0.1, -0.05) is 32.4 Å². The minimum Gasteiger partial charge on any atom is -0.218 e. The average Bonchev–Trinajstić information content (AvgIpc) is 2.70. The van der Waals surface area contributed by atoms with Crippen molar-refractivity contribution in [2.24, 2.45) is 0 Å². The SMILES string of the molecule is CC(C)(C)c1nn(-c2cc(F)c(F)cc2F)c(Cl)c1CCl. The number of alkyl halides is 1. The van der Waals surface area contributed by atoms with Crippen LogP contribution >= 0.6 is 23.2 Å². The molecule has 0 atom stereocenters. The third kappa shape index (κ3) is 2.90. The molecule has 0 aliphatic carbocycles. The lowest BCUT2D eigenvalue weighted by atomic mass is 9.90. The van der Waals surface area contributed by atoms with Crippen LogP contribution in [0.1, 0.15) is 32.0 Å². The van der Waals surface area contributed by atoms with Crippen molar-refractivity contribution < 1.29 is 13.2 Å². The molecule has 0 amide bonds. The maximum atomic E-state index is 13.9. The Bertz CT molecular complexity index is 691. The molecule has 21 heavy (non-hydrogen) atoms. The van der Waals surface area contributed by atoms with Crippen molar-refractivity contribution >= 4 is 23.2 Å². The van der Waals surface area contributed by atoms with Gasteiger partial charge in [0, 0.05) is 23.1 Å². The molecule has 0 spiro atoms. The topological polar surface area (TPSA) is 17.8 Å². The standard InChI is InChI=1S/C14H13Cl2F3N2/c1-14(2,3)12-7(6-15)13(16)21(20-12)11-5-9(18)8(17)4-10(11)19/h4-5H,6H2,1-3H3. The molecule has 7 heteroatoms. The number of benzene rings is 1. The van der Waals surface area contributed by atoms with Gasteiger partial charge in [-0.25, -0.2) is 17.9 Å². The summed E-state index contributed by atoms with van der Waals surface area (Å²) in [5, 5.41) is 4.31. The fourth-order valence-corrected chi connectivity index (χ4v) is 2.59. The van der Waals surface area contributed by atoms with Crippen LogP contribution in [0.15, 0.2) is 12.1 Å². The highest BCUT2D eigenvalue weighted by Gasteiger charge is 2.27. The van der Waals surface area contributed by atoms with Crippen LogP contribution in [0.4, 0.5) is 13.2 Å². The maximum absolute atomic E-state index is 13.9. The molecule has 0 saturated carbocycles. The van der Waals surface area contributed by atoms with Crippen LogP contribution in [0.2, 0.25) is 5.15 Å². The highest BCUT2D eigenvalue weighted by molar-refractivity contribution is 6.31. The van der Waals surface area contributed by atoms with Crippen molar-refractivity contribution in [3.05, 3.63) is 46.0 Å². The largest absolute Gasteiger partial charge is 0.218 e. The Balaban J connectivity index is 2.71. The van der Waals surface area contributed by atoms with E-state index in [1.165, 1.54) is 0 Å². The maximum Gasteiger partial charge on any atom is 0.161 e. The van der Waals surface area contributed by atoms with Gasteiger partial charge >= 0.3 is 0 Å². The van der Waals surface area contributed by atoms with Gasteiger partial charge in [0.15, 0.2) is 17.5 Å². The minimum atomic E-state index is -1.27. The van der Waals surface area contributed by atoms with Gasteiger partial charge in [0.1, 0.15) is 10.8 Å². The van der Waals surface area contributed by atoms with Gasteiger partial charge in [-0.2, -0.15) is 5.10 Å². The fraction of sp³-hybridized carbons (Fsp3) is 0.357. The molecule has 0 aliphatic rings. The normalized spacial score (nSPS) is 12.0. The Labute approximate surface area is 130 Å². The van der Waals surface area contributed by atoms with E-state index in [2.05, 4.69) is 5.10 Å². The fourth-order valence-electron chi connectivity index (χ4n) is 1.98. The van der Waals surface area contributed by atoms with Gasteiger partial charge in [0.25, 0.3) is 0 Å². The molecule has 1 aromatic carbocycles. The van der Waals surface area contributed by atoms with Gasteiger partial charge < -0.3 is 0 Å². The Morgan fingerprint density at radius 3 is 2.14 bits per heavy atom. The Morgan fingerprint density at radius 1 is 1.10 bits per heavy atom. The van der Waals surface area contributed by atoms with Crippen LogP contribution in [-0.2, 0) is 11.3 Å². The zero-order valence-corrected chi connectivity index (χ0v) is 13.2. The molecular formula is C14H13Cl2F3N2. The molecule has 0 aliphatic heterocycles. The lowest BCUT2D eigenvalue weighted by molar-refractivity contribution is 0.490. The van der Waals surface area contributed by atoms with E-state index >= 15 is 0 Å². The van der Waals surface area contributed by atoms with Gasteiger partial charge in [0.05, 0.1) is 11.6 Å². The molecule has 0 saturated heterocycles. The van der Waals surface area contributed by atoms with E-state index in [4.69, 9.17) is 23.2 Å². The Hall–Kier alpha value is -1.20. The minimum absolute atomic E-state index is 0.0801. The van der Waals surface area contributed by atoms with Crippen LogP contribution in [0, 0.1) is 17.5 Å². The first-order valence-corrected chi connectivity index (χ1v) is 7.06. The van der Waals surface area contributed by atoms with E-state index in [1.807, 2.05) is 20.8 Å². The first-order chi connectivity index (χ1) is 9.66. The van der Waals surface area contributed by atoms with Crippen molar-refractivity contribution in [2.45, 2.75) is 32.1 Å². The molecule has 2 rings (SSSR count). The first-order valence-electron chi connectivity index (χ1n) is 6.15. The van der Waals surface area contributed by atoms with E-state index in [-0.39, 0.29) is 22.1 Å². The molecule has 0 N–H and O–H groups in total. The van der Waals surface area contributed by atoms with E-state index in [1.54, 1.807) is 0 Å². The highest BCUT2D eigenvalue weighted by Crippen LogP contribution is 2.33. The van der Waals surface area contributed by atoms with Gasteiger partial charge in [0.2, 0.25) is 0 Å². The second-order valence-corrected chi connectivity index (χ2v) is 6.26. The number of halogens is 5. The number of rotatable bonds is 2. The summed E-state index contributed by atoms with van der Waals surface area (Å²) in [7, 11) is 0. The summed E-state index contributed by atoms with van der Waals surface area (Å²) < 4.78 is 41.3. The summed E-state index contributed by atoms with van der Waals surface area (Å²) in [5.74, 6) is -3.33. The van der Waals surface area contributed by atoms with Crippen LogP contribution in [-0.4, -0.2) is 9.78 Å². The van der Waals surface area contributed by atoms with Gasteiger partial charge in [-0.3, -0.25) is 0 Å². The third-order valence-corrected chi connectivity index (χ3v) is 3.64. The van der Waals surface area contributed by atoms with E-state index < -0.39 is 17.5 Å². The molecule has 0 radical (unpaired) electrons. The molecule has 1 aromatic heterocycles. The van der Waals surface area contributed by atoms with Crippen LogP contribution in [0.3, 0.4) is 0 Å². The smallest absolute Gasteiger partial charge is 0.161 e. The predicted octanol–water partition coefficient (Wildman–Crippen LogP) is 4.98. The molecule has 1 heterocycles.